The van der Waals surface area contributed by atoms with Crippen LogP contribution in [0.3, 0.4) is 0 Å². The van der Waals surface area contributed by atoms with E-state index in [0.717, 1.165) is 43.5 Å². The van der Waals surface area contributed by atoms with Gasteiger partial charge in [-0.15, -0.1) is 0 Å². The zero-order chi connectivity index (χ0) is 22.5. The molecule has 3 N–H and O–H groups in total. The van der Waals surface area contributed by atoms with Crippen molar-refractivity contribution in [2.45, 2.75) is 0 Å². The first-order chi connectivity index (χ1) is 16.1. The quantitative estimate of drug-likeness (QED) is 0.166. The van der Waals surface area contributed by atoms with Crippen LogP contribution in [0.15, 0.2) is 100 Å². The molecule has 5 aromatic carbocycles. The van der Waals surface area contributed by atoms with E-state index in [1.807, 2.05) is 66.7 Å². The van der Waals surface area contributed by atoms with Gasteiger partial charge >= 0.3 is 0 Å². The molecule has 0 aliphatic heterocycles. The summed E-state index contributed by atoms with van der Waals surface area (Å²) in [6, 6.07) is 29.5. The molecular weight excluding hydrogens is 430 g/mol. The number of hydrogen-bond acceptors (Lipinski definition) is 2. The van der Waals surface area contributed by atoms with Crippen LogP contribution in [0.4, 0.5) is 0 Å². The molecule has 0 amide bonds. The van der Waals surface area contributed by atoms with Crippen LogP contribution in [-0.4, -0.2) is 11.7 Å². The van der Waals surface area contributed by atoms with E-state index < -0.39 is 0 Å². The molecule has 33 heavy (non-hydrogen) atoms. The molecule has 6 aromatic rings. The number of furan rings is 1. The molecule has 4 nitrogen and oxygen atoms in total. The summed E-state index contributed by atoms with van der Waals surface area (Å²) in [5.74, 6) is 0.312. The Balaban J connectivity index is 1.55. The van der Waals surface area contributed by atoms with Crippen LogP contribution < -0.4 is 5.73 Å². The normalized spacial score (nSPS) is 12.2. The van der Waals surface area contributed by atoms with Gasteiger partial charge in [-0.3, -0.25) is 5.41 Å². The van der Waals surface area contributed by atoms with Crippen LogP contribution in [0.25, 0.3) is 43.5 Å². The van der Waals surface area contributed by atoms with Crippen LogP contribution in [0.1, 0.15) is 11.1 Å². The van der Waals surface area contributed by atoms with Crippen LogP contribution in [0.2, 0.25) is 5.02 Å². The van der Waals surface area contributed by atoms with Crippen LogP contribution >= 0.6 is 11.6 Å². The van der Waals surface area contributed by atoms with Gasteiger partial charge in [0, 0.05) is 33.0 Å². The maximum atomic E-state index is 8.83. The van der Waals surface area contributed by atoms with Gasteiger partial charge in [-0.05, 0) is 39.7 Å². The van der Waals surface area contributed by atoms with Crippen molar-refractivity contribution in [2.75, 3.05) is 0 Å². The highest BCUT2D eigenvalue weighted by atomic mass is 35.5. The summed E-state index contributed by atoms with van der Waals surface area (Å²) >= 11 is 6.37. The van der Waals surface area contributed by atoms with Gasteiger partial charge in [0.1, 0.15) is 17.0 Å². The summed E-state index contributed by atoms with van der Waals surface area (Å²) in [6.07, 6.45) is 0. The average Bonchev–Trinajstić information content (AvgIpc) is 3.21. The van der Waals surface area contributed by atoms with Crippen molar-refractivity contribution >= 4 is 66.8 Å². The van der Waals surface area contributed by atoms with Gasteiger partial charge in [0.25, 0.3) is 0 Å². The molecule has 0 saturated carbocycles. The third kappa shape index (κ3) is 3.15. The second-order valence-electron chi connectivity index (χ2n) is 7.96. The second-order valence-corrected chi connectivity index (χ2v) is 8.40. The zero-order valence-corrected chi connectivity index (χ0v) is 18.2. The minimum Gasteiger partial charge on any atom is -0.456 e. The van der Waals surface area contributed by atoms with Gasteiger partial charge < -0.3 is 10.2 Å². The first-order valence-corrected chi connectivity index (χ1v) is 10.9. The summed E-state index contributed by atoms with van der Waals surface area (Å²) in [5, 5.41) is 15.3. The number of nitrogens with zero attached hydrogens (tertiary/aromatic N) is 1. The van der Waals surface area contributed by atoms with Gasteiger partial charge in [0.05, 0.1) is 0 Å². The fourth-order valence-corrected chi connectivity index (χ4v) is 4.72. The fourth-order valence-electron chi connectivity index (χ4n) is 4.51. The van der Waals surface area contributed by atoms with E-state index in [-0.39, 0.29) is 11.7 Å². The van der Waals surface area contributed by atoms with Gasteiger partial charge in [-0.1, -0.05) is 78.3 Å². The van der Waals surface area contributed by atoms with Gasteiger partial charge in [0.2, 0.25) is 0 Å². The number of nitrogens with one attached hydrogen (secondary N) is 1. The van der Waals surface area contributed by atoms with Crippen molar-refractivity contribution in [3.05, 3.63) is 107 Å². The number of fused-ring (bicyclic) bond motifs is 6. The Hall–Kier alpha value is -4.15. The van der Waals surface area contributed by atoms with Crippen molar-refractivity contribution in [1.29, 1.82) is 5.41 Å². The van der Waals surface area contributed by atoms with E-state index in [9.17, 15) is 0 Å². The Labute approximate surface area is 194 Å². The van der Waals surface area contributed by atoms with Crippen LogP contribution in [0.5, 0.6) is 0 Å². The molecule has 0 spiro atoms. The monoisotopic (exact) mass is 447 g/mol. The molecule has 0 atom stereocenters. The van der Waals surface area contributed by atoms with E-state index in [1.54, 1.807) is 12.1 Å². The molecule has 0 radical (unpaired) electrons. The SMILES string of the molecule is N=C(/N=C(\N)c1cc(Cl)cc2oc3ccccc3c12)c1cc2ccccc2c2ccccc12. The molecule has 0 unspecified atom stereocenters. The number of aliphatic imine (C=N–C) groups is 1. The summed E-state index contributed by atoms with van der Waals surface area (Å²) in [4.78, 5) is 4.53. The lowest BCUT2D eigenvalue weighted by Gasteiger charge is -2.10. The van der Waals surface area contributed by atoms with Crippen LogP contribution in [0, 0.1) is 5.41 Å². The molecule has 5 heteroatoms. The number of amidine groups is 2. The largest absolute Gasteiger partial charge is 0.456 e. The Morgan fingerprint density at radius 1 is 0.727 bits per heavy atom. The maximum Gasteiger partial charge on any atom is 0.154 e. The predicted octanol–water partition coefficient (Wildman–Crippen LogP) is 7.28. The van der Waals surface area contributed by atoms with Crippen molar-refractivity contribution in [2.24, 2.45) is 10.7 Å². The van der Waals surface area contributed by atoms with Crippen molar-refractivity contribution in [3.8, 4) is 0 Å². The Morgan fingerprint density at radius 3 is 2.21 bits per heavy atom. The lowest BCUT2D eigenvalue weighted by molar-refractivity contribution is 0.669. The Bertz CT molecular complexity index is 1760. The second kappa shape index (κ2) is 7.47. The first-order valence-electron chi connectivity index (χ1n) is 10.5. The highest BCUT2D eigenvalue weighted by Crippen LogP contribution is 2.34. The third-order valence-corrected chi connectivity index (χ3v) is 6.19. The van der Waals surface area contributed by atoms with Gasteiger partial charge in [-0.2, -0.15) is 0 Å². The van der Waals surface area contributed by atoms with E-state index in [2.05, 4.69) is 17.1 Å². The molecule has 0 bridgehead atoms. The predicted molar refractivity (Wildman–Crippen MR) is 138 cm³/mol. The minimum absolute atomic E-state index is 0.0929. The zero-order valence-electron chi connectivity index (χ0n) is 17.5. The smallest absolute Gasteiger partial charge is 0.154 e. The van der Waals surface area contributed by atoms with Gasteiger partial charge in [0.15, 0.2) is 5.84 Å². The number of hydrogen-bond donors (Lipinski definition) is 2. The molecule has 0 aliphatic rings. The fraction of sp³-hybridized carbons (Fsp3) is 0. The van der Waals surface area contributed by atoms with E-state index in [4.69, 9.17) is 27.2 Å². The van der Waals surface area contributed by atoms with Crippen LogP contribution in [-0.2, 0) is 0 Å². The van der Waals surface area contributed by atoms with Crippen molar-refractivity contribution in [1.82, 2.24) is 0 Å². The summed E-state index contributed by atoms with van der Waals surface area (Å²) < 4.78 is 5.97. The highest BCUT2D eigenvalue weighted by molar-refractivity contribution is 6.33. The summed E-state index contributed by atoms with van der Waals surface area (Å²) in [5.41, 5.74) is 9.25. The molecule has 1 heterocycles. The first kappa shape index (κ1) is 19.5. The summed E-state index contributed by atoms with van der Waals surface area (Å²) in [7, 11) is 0. The number of rotatable bonds is 2. The maximum absolute atomic E-state index is 8.83. The summed E-state index contributed by atoms with van der Waals surface area (Å²) in [6.45, 7) is 0. The molecular formula is C28H18ClN3O. The lowest BCUT2D eigenvalue weighted by atomic mass is 9.97. The molecule has 0 aliphatic carbocycles. The molecule has 0 saturated heterocycles. The standard InChI is InChI=1S/C28H18ClN3O/c29-17-14-23(26-21-11-5-6-12-24(21)33-25(26)15-17)28(31)32-27(30)22-13-16-7-1-2-8-18(16)19-9-3-4-10-20(19)22/h1-15H,(H3,30,31,32). The Kier molecular flexibility index (Phi) is 4.42. The number of halogens is 1. The van der Waals surface area contributed by atoms with E-state index in [0.29, 0.717) is 16.2 Å². The lowest BCUT2D eigenvalue weighted by Crippen LogP contribution is -2.16. The number of benzene rings is 5. The molecule has 158 valence electrons. The topological polar surface area (TPSA) is 75.4 Å². The molecule has 6 rings (SSSR count). The highest BCUT2D eigenvalue weighted by Gasteiger charge is 2.16. The van der Waals surface area contributed by atoms with E-state index in [1.165, 1.54) is 0 Å². The number of nitrogens with two attached hydrogens (primary N) is 1. The van der Waals surface area contributed by atoms with Crippen molar-refractivity contribution in [3.63, 3.8) is 0 Å². The third-order valence-electron chi connectivity index (χ3n) is 5.97. The Morgan fingerprint density at radius 2 is 1.39 bits per heavy atom. The number of para-hydroxylation sites is 1. The van der Waals surface area contributed by atoms with E-state index >= 15 is 0 Å². The molecule has 1 aromatic heterocycles. The molecule has 0 fully saturated rings. The van der Waals surface area contributed by atoms with Gasteiger partial charge in [-0.25, -0.2) is 4.99 Å². The minimum atomic E-state index is 0.0929. The average molecular weight is 448 g/mol. The van der Waals surface area contributed by atoms with Crippen molar-refractivity contribution < 1.29 is 4.42 Å².